The van der Waals surface area contributed by atoms with Gasteiger partial charge in [-0.3, -0.25) is 0 Å². The van der Waals surface area contributed by atoms with Crippen molar-refractivity contribution < 1.29 is 9.53 Å². The van der Waals surface area contributed by atoms with E-state index in [0.717, 1.165) is 17.9 Å². The van der Waals surface area contributed by atoms with E-state index in [1.54, 1.807) is 10.9 Å². The third kappa shape index (κ3) is 1.75. The fourth-order valence-electron chi connectivity index (χ4n) is 1.38. The molecule has 0 unspecified atom stereocenters. The van der Waals surface area contributed by atoms with Crippen molar-refractivity contribution in [2.45, 2.75) is 12.5 Å². The van der Waals surface area contributed by atoms with Crippen molar-refractivity contribution in [2.24, 2.45) is 0 Å². The van der Waals surface area contributed by atoms with Crippen molar-refractivity contribution in [3.63, 3.8) is 0 Å². The normalized spacial score (nSPS) is 21.1. The highest BCUT2D eigenvalue weighted by atomic mass is 32.2. The zero-order chi connectivity index (χ0) is 9.97. The third-order valence-corrected chi connectivity index (χ3v) is 3.33. The molecule has 1 aromatic heterocycles. The molecule has 1 atom stereocenters. The summed E-state index contributed by atoms with van der Waals surface area (Å²) in [5.74, 6) is 1.77. The molecule has 0 N–H and O–H groups in total. The van der Waals surface area contributed by atoms with Crippen molar-refractivity contribution in [1.29, 1.82) is 0 Å². The summed E-state index contributed by atoms with van der Waals surface area (Å²) < 4.78 is 6.31. The second-order valence-corrected chi connectivity index (χ2v) is 4.24. The topological polar surface area (TPSA) is 57.0 Å². The van der Waals surface area contributed by atoms with Gasteiger partial charge in [0, 0.05) is 5.75 Å². The van der Waals surface area contributed by atoms with Crippen molar-refractivity contribution in [2.75, 3.05) is 18.6 Å². The first-order valence-electron chi connectivity index (χ1n) is 4.39. The highest BCUT2D eigenvalue weighted by Gasteiger charge is 2.20. The highest BCUT2D eigenvalue weighted by molar-refractivity contribution is 7.99. The summed E-state index contributed by atoms with van der Waals surface area (Å²) in [7, 11) is 1.34. The minimum atomic E-state index is -0.429. The number of hydrogen-bond acceptors (Lipinski definition) is 5. The number of methoxy groups -OCH3 is 1. The highest BCUT2D eigenvalue weighted by Crippen LogP contribution is 2.26. The molecule has 1 aliphatic rings. The maximum Gasteiger partial charge on any atom is 0.360 e. The lowest BCUT2D eigenvalue weighted by Crippen LogP contribution is -2.08. The van der Waals surface area contributed by atoms with Gasteiger partial charge in [-0.05, 0) is 12.2 Å². The molecule has 0 aromatic carbocycles. The molecule has 0 bridgehead atoms. The van der Waals surface area contributed by atoms with Gasteiger partial charge in [-0.1, -0.05) is 5.21 Å². The maximum absolute atomic E-state index is 11.1. The number of ether oxygens (including phenoxy) is 1. The molecule has 1 saturated heterocycles. The molecule has 0 spiro atoms. The summed E-state index contributed by atoms with van der Waals surface area (Å²) >= 11 is 1.90. The average Bonchev–Trinajstić information content (AvgIpc) is 2.86. The average molecular weight is 213 g/mol. The Morgan fingerprint density at radius 3 is 3.29 bits per heavy atom. The van der Waals surface area contributed by atoms with Crippen LogP contribution in [0, 0.1) is 0 Å². The minimum absolute atomic E-state index is 0.282. The van der Waals surface area contributed by atoms with Crippen LogP contribution < -0.4 is 0 Å². The van der Waals surface area contributed by atoms with Gasteiger partial charge < -0.3 is 4.74 Å². The third-order valence-electron chi connectivity index (χ3n) is 2.18. The SMILES string of the molecule is COC(=O)c1cn([C@H]2CCSC2)nn1. The Kier molecular flexibility index (Phi) is 2.72. The van der Waals surface area contributed by atoms with Crippen LogP contribution in [0.15, 0.2) is 6.20 Å². The van der Waals surface area contributed by atoms with Gasteiger partial charge in [-0.15, -0.1) is 5.10 Å². The molecule has 0 saturated carbocycles. The predicted molar refractivity (Wildman–Crippen MR) is 52.3 cm³/mol. The first kappa shape index (κ1) is 9.51. The summed E-state index contributed by atoms with van der Waals surface area (Å²) in [4.78, 5) is 11.1. The first-order chi connectivity index (χ1) is 6.81. The Labute approximate surface area is 85.8 Å². The molecule has 1 aliphatic heterocycles. The smallest absolute Gasteiger partial charge is 0.360 e. The van der Waals surface area contributed by atoms with Crippen molar-refractivity contribution in [3.05, 3.63) is 11.9 Å². The molecule has 0 aliphatic carbocycles. The largest absolute Gasteiger partial charge is 0.464 e. The summed E-state index contributed by atoms with van der Waals surface area (Å²) in [5.41, 5.74) is 0.282. The molecule has 2 heterocycles. The van der Waals surface area contributed by atoms with Gasteiger partial charge in [-0.2, -0.15) is 11.8 Å². The number of aromatic nitrogens is 3. The van der Waals surface area contributed by atoms with Crippen molar-refractivity contribution in [1.82, 2.24) is 15.0 Å². The van der Waals surface area contributed by atoms with Gasteiger partial charge in [0.15, 0.2) is 5.69 Å². The fourth-order valence-corrected chi connectivity index (χ4v) is 2.58. The molecule has 14 heavy (non-hydrogen) atoms. The Morgan fingerprint density at radius 2 is 2.64 bits per heavy atom. The van der Waals surface area contributed by atoms with Crippen LogP contribution in [-0.2, 0) is 4.74 Å². The monoisotopic (exact) mass is 213 g/mol. The second-order valence-electron chi connectivity index (χ2n) is 3.09. The van der Waals surface area contributed by atoms with E-state index in [1.165, 1.54) is 7.11 Å². The molecule has 76 valence electrons. The van der Waals surface area contributed by atoms with Crippen LogP contribution >= 0.6 is 11.8 Å². The van der Waals surface area contributed by atoms with Gasteiger partial charge in [0.2, 0.25) is 0 Å². The Morgan fingerprint density at radius 1 is 1.79 bits per heavy atom. The van der Waals surface area contributed by atoms with Gasteiger partial charge >= 0.3 is 5.97 Å². The van der Waals surface area contributed by atoms with Crippen molar-refractivity contribution in [3.8, 4) is 0 Å². The summed E-state index contributed by atoms with van der Waals surface area (Å²) in [6.45, 7) is 0. The Hall–Kier alpha value is -1.04. The van der Waals surface area contributed by atoms with E-state index >= 15 is 0 Å². The summed E-state index contributed by atoms with van der Waals surface area (Å²) in [6, 6.07) is 0.380. The molecule has 0 radical (unpaired) electrons. The zero-order valence-electron chi connectivity index (χ0n) is 7.84. The number of nitrogens with zero attached hydrogens (tertiary/aromatic N) is 3. The number of carbonyl (C=O) groups excluding carboxylic acids is 1. The van der Waals surface area contributed by atoms with E-state index in [1.807, 2.05) is 11.8 Å². The van der Waals surface area contributed by atoms with Crippen LogP contribution in [0.2, 0.25) is 0 Å². The van der Waals surface area contributed by atoms with Crippen LogP contribution in [0.5, 0.6) is 0 Å². The molecule has 5 nitrogen and oxygen atoms in total. The lowest BCUT2D eigenvalue weighted by molar-refractivity contribution is 0.0594. The number of thioether (sulfide) groups is 1. The van der Waals surface area contributed by atoms with E-state index in [0.29, 0.717) is 6.04 Å². The minimum Gasteiger partial charge on any atom is -0.464 e. The lowest BCUT2D eigenvalue weighted by Gasteiger charge is -2.05. The molecule has 6 heteroatoms. The molecule has 2 rings (SSSR count). The van der Waals surface area contributed by atoms with E-state index in [2.05, 4.69) is 15.0 Å². The summed E-state index contributed by atoms with van der Waals surface area (Å²) in [6.07, 6.45) is 2.75. The van der Waals surface area contributed by atoms with Crippen LogP contribution in [0.25, 0.3) is 0 Å². The van der Waals surface area contributed by atoms with Crippen LogP contribution in [0.4, 0.5) is 0 Å². The summed E-state index contributed by atoms with van der Waals surface area (Å²) in [5, 5.41) is 7.68. The lowest BCUT2D eigenvalue weighted by atomic mass is 10.3. The Balaban J connectivity index is 2.12. The predicted octanol–water partition coefficient (Wildman–Crippen LogP) is 0.743. The second kappa shape index (κ2) is 4.00. The van der Waals surface area contributed by atoms with E-state index in [9.17, 15) is 4.79 Å². The van der Waals surface area contributed by atoms with Gasteiger partial charge in [0.25, 0.3) is 0 Å². The van der Waals surface area contributed by atoms with Crippen LogP contribution in [-0.4, -0.2) is 39.6 Å². The van der Waals surface area contributed by atoms with E-state index in [4.69, 9.17) is 0 Å². The number of rotatable bonds is 2. The van der Waals surface area contributed by atoms with E-state index < -0.39 is 5.97 Å². The molecular formula is C8H11N3O2S. The Bertz CT molecular complexity index is 333. The molecular weight excluding hydrogens is 202 g/mol. The van der Waals surface area contributed by atoms with Gasteiger partial charge in [0.05, 0.1) is 19.3 Å². The van der Waals surface area contributed by atoms with E-state index in [-0.39, 0.29) is 5.69 Å². The number of carbonyl (C=O) groups is 1. The maximum atomic E-state index is 11.1. The molecule has 1 fully saturated rings. The standard InChI is InChI=1S/C8H11N3O2S/c1-13-8(12)7-4-11(10-9-7)6-2-3-14-5-6/h4,6H,2-3,5H2,1H3/t6-/m0/s1. The van der Waals surface area contributed by atoms with Crippen molar-refractivity contribution >= 4 is 17.7 Å². The van der Waals surface area contributed by atoms with Crippen LogP contribution in [0.3, 0.4) is 0 Å². The number of esters is 1. The van der Waals surface area contributed by atoms with Gasteiger partial charge in [-0.25, -0.2) is 9.48 Å². The fraction of sp³-hybridized carbons (Fsp3) is 0.625. The van der Waals surface area contributed by atoms with Crippen LogP contribution in [0.1, 0.15) is 23.0 Å². The van der Waals surface area contributed by atoms with Gasteiger partial charge in [0.1, 0.15) is 0 Å². The quantitative estimate of drug-likeness (QED) is 0.678. The zero-order valence-corrected chi connectivity index (χ0v) is 8.66. The molecule has 0 amide bonds. The molecule has 1 aromatic rings. The number of hydrogen-bond donors (Lipinski definition) is 0. The first-order valence-corrected chi connectivity index (χ1v) is 5.54.